The summed E-state index contributed by atoms with van der Waals surface area (Å²) in [6, 6.07) is 11.7. The van der Waals surface area contributed by atoms with Gasteiger partial charge in [-0.25, -0.2) is 4.68 Å². The summed E-state index contributed by atoms with van der Waals surface area (Å²) in [5.41, 5.74) is 2.74. The first-order chi connectivity index (χ1) is 14.1. The van der Waals surface area contributed by atoms with Crippen molar-refractivity contribution < 1.29 is 9.47 Å². The Bertz CT molecular complexity index is 1180. The molecule has 0 saturated carbocycles. The van der Waals surface area contributed by atoms with Crippen LogP contribution in [0.4, 0.5) is 5.82 Å². The fraction of sp³-hybridized carbons (Fsp3) is 0.190. The van der Waals surface area contributed by atoms with E-state index in [1.165, 1.54) is 0 Å². The number of halogens is 1. The summed E-state index contributed by atoms with van der Waals surface area (Å²) in [7, 11) is 3.27. The Morgan fingerprint density at radius 2 is 1.90 bits per heavy atom. The van der Waals surface area contributed by atoms with Crippen molar-refractivity contribution in [2.24, 2.45) is 0 Å². The number of benzene rings is 2. The van der Waals surface area contributed by atoms with Gasteiger partial charge in [-0.15, -0.1) is 5.10 Å². The maximum Gasteiger partial charge on any atom is 0.156 e. The van der Waals surface area contributed by atoms with Crippen LogP contribution >= 0.6 is 11.6 Å². The Hall–Kier alpha value is -3.32. The van der Waals surface area contributed by atoms with E-state index in [4.69, 9.17) is 21.1 Å². The quantitative estimate of drug-likeness (QED) is 0.508. The van der Waals surface area contributed by atoms with Crippen molar-refractivity contribution in [2.75, 3.05) is 19.5 Å². The molecule has 4 rings (SSSR count). The van der Waals surface area contributed by atoms with Crippen LogP contribution in [0, 0.1) is 6.92 Å². The molecule has 0 aliphatic rings. The molecule has 0 unspecified atom stereocenters. The Balaban J connectivity index is 1.65. The molecule has 7 nitrogen and oxygen atoms in total. The predicted octanol–water partition coefficient (Wildman–Crippen LogP) is 4.41. The predicted molar refractivity (Wildman–Crippen MR) is 113 cm³/mol. The highest BCUT2D eigenvalue weighted by molar-refractivity contribution is 6.30. The molecule has 2 aromatic carbocycles. The smallest absolute Gasteiger partial charge is 0.156 e. The highest BCUT2D eigenvalue weighted by atomic mass is 35.5. The zero-order valence-electron chi connectivity index (χ0n) is 16.3. The van der Waals surface area contributed by atoms with Crippen LogP contribution < -0.4 is 14.8 Å². The van der Waals surface area contributed by atoms with Gasteiger partial charge in [0.2, 0.25) is 0 Å². The van der Waals surface area contributed by atoms with E-state index in [9.17, 15) is 0 Å². The molecule has 0 spiro atoms. The van der Waals surface area contributed by atoms with Crippen molar-refractivity contribution in [2.45, 2.75) is 13.5 Å². The molecule has 1 N–H and O–H groups in total. The van der Waals surface area contributed by atoms with Gasteiger partial charge in [-0.05, 0) is 37.3 Å². The van der Waals surface area contributed by atoms with Gasteiger partial charge in [-0.1, -0.05) is 11.6 Å². The molecule has 148 valence electrons. The number of methoxy groups -OCH3 is 2. The third-order valence-electron chi connectivity index (χ3n) is 4.70. The summed E-state index contributed by atoms with van der Waals surface area (Å²) in [5.74, 6) is 2.20. The number of fused-ring (bicyclic) bond motifs is 1. The van der Waals surface area contributed by atoms with Crippen LogP contribution in [0.3, 0.4) is 0 Å². The second kappa shape index (κ2) is 7.97. The minimum atomic E-state index is 0.538. The molecule has 4 aromatic rings. The van der Waals surface area contributed by atoms with Gasteiger partial charge in [0, 0.05) is 35.1 Å². The molecule has 0 bridgehead atoms. The summed E-state index contributed by atoms with van der Waals surface area (Å²) in [4.78, 5) is 0. The average Bonchev–Trinajstić information content (AvgIpc) is 3.19. The van der Waals surface area contributed by atoms with Crippen LogP contribution in [0.5, 0.6) is 11.5 Å². The van der Waals surface area contributed by atoms with Crippen molar-refractivity contribution in [3.05, 3.63) is 65.1 Å². The molecule has 0 aliphatic heterocycles. The molecule has 0 saturated heterocycles. The lowest BCUT2D eigenvalue weighted by molar-refractivity contribution is 0.391. The van der Waals surface area contributed by atoms with E-state index in [0.717, 1.165) is 39.2 Å². The second-order valence-corrected chi connectivity index (χ2v) is 6.93. The lowest BCUT2D eigenvalue weighted by atomic mass is 10.1. The summed E-state index contributed by atoms with van der Waals surface area (Å²) in [5, 5.41) is 18.8. The van der Waals surface area contributed by atoms with E-state index in [1.807, 2.05) is 43.3 Å². The standard InChI is InChI=1S/C21H20ClN5O2/c1-13-19-8-16(27-12-15(22)11-24-27)5-7-18(19)21(26-25-13)23-10-14-4-6-17(28-2)9-20(14)29-3/h4-9,11-12H,10H2,1-3H3,(H,23,26). The fourth-order valence-electron chi connectivity index (χ4n) is 3.16. The first-order valence-electron chi connectivity index (χ1n) is 9.01. The number of rotatable bonds is 6. The number of hydrogen-bond acceptors (Lipinski definition) is 6. The molecule has 8 heteroatoms. The van der Waals surface area contributed by atoms with E-state index in [-0.39, 0.29) is 0 Å². The highest BCUT2D eigenvalue weighted by Crippen LogP contribution is 2.28. The van der Waals surface area contributed by atoms with Crippen LogP contribution in [0.1, 0.15) is 11.3 Å². The summed E-state index contributed by atoms with van der Waals surface area (Å²) >= 11 is 5.99. The van der Waals surface area contributed by atoms with Gasteiger partial charge in [-0.3, -0.25) is 0 Å². The van der Waals surface area contributed by atoms with Gasteiger partial charge in [0.15, 0.2) is 5.82 Å². The summed E-state index contributed by atoms with van der Waals surface area (Å²) < 4.78 is 12.5. The molecule has 2 aromatic heterocycles. The minimum Gasteiger partial charge on any atom is -0.497 e. The van der Waals surface area contributed by atoms with Gasteiger partial charge in [-0.2, -0.15) is 10.2 Å². The van der Waals surface area contributed by atoms with E-state index in [2.05, 4.69) is 20.6 Å². The molecule has 0 fully saturated rings. The maximum absolute atomic E-state index is 5.99. The topological polar surface area (TPSA) is 74.1 Å². The summed E-state index contributed by atoms with van der Waals surface area (Å²) in [6.45, 7) is 2.47. The van der Waals surface area contributed by atoms with Gasteiger partial charge < -0.3 is 14.8 Å². The van der Waals surface area contributed by atoms with Crippen LogP contribution in [0.15, 0.2) is 48.8 Å². The van der Waals surface area contributed by atoms with Crippen LogP contribution in [-0.4, -0.2) is 34.2 Å². The van der Waals surface area contributed by atoms with E-state index >= 15 is 0 Å². The molecular weight excluding hydrogens is 390 g/mol. The third kappa shape index (κ3) is 3.82. The van der Waals surface area contributed by atoms with Crippen molar-refractivity contribution >= 4 is 28.2 Å². The lowest BCUT2D eigenvalue weighted by Crippen LogP contribution is -2.06. The average molecular weight is 410 g/mol. The van der Waals surface area contributed by atoms with Gasteiger partial charge >= 0.3 is 0 Å². The number of hydrogen-bond donors (Lipinski definition) is 1. The number of anilines is 1. The fourth-order valence-corrected chi connectivity index (χ4v) is 3.30. The van der Waals surface area contributed by atoms with Crippen molar-refractivity contribution in [1.82, 2.24) is 20.0 Å². The molecule has 0 radical (unpaired) electrons. The Kier molecular flexibility index (Phi) is 5.22. The van der Waals surface area contributed by atoms with E-state index in [1.54, 1.807) is 31.3 Å². The normalized spacial score (nSPS) is 10.9. The zero-order chi connectivity index (χ0) is 20.4. The summed E-state index contributed by atoms with van der Waals surface area (Å²) in [6.07, 6.45) is 3.38. The second-order valence-electron chi connectivity index (χ2n) is 6.50. The third-order valence-corrected chi connectivity index (χ3v) is 4.90. The minimum absolute atomic E-state index is 0.538. The van der Waals surface area contributed by atoms with Crippen LogP contribution in [0.2, 0.25) is 5.02 Å². The number of aryl methyl sites for hydroxylation is 1. The molecule has 2 heterocycles. The first-order valence-corrected chi connectivity index (χ1v) is 9.39. The number of ether oxygens (including phenoxy) is 2. The van der Waals surface area contributed by atoms with Crippen molar-refractivity contribution in [1.29, 1.82) is 0 Å². The van der Waals surface area contributed by atoms with Crippen molar-refractivity contribution in [3.8, 4) is 17.2 Å². The van der Waals surface area contributed by atoms with E-state index in [0.29, 0.717) is 17.4 Å². The van der Waals surface area contributed by atoms with Gasteiger partial charge in [0.25, 0.3) is 0 Å². The Morgan fingerprint density at radius 3 is 2.62 bits per heavy atom. The molecular formula is C21H20ClN5O2. The van der Waals surface area contributed by atoms with Crippen molar-refractivity contribution in [3.63, 3.8) is 0 Å². The first kappa shape index (κ1) is 19.0. The zero-order valence-corrected chi connectivity index (χ0v) is 17.1. The largest absolute Gasteiger partial charge is 0.497 e. The molecule has 29 heavy (non-hydrogen) atoms. The SMILES string of the molecule is COc1ccc(CNc2nnc(C)c3cc(-n4cc(Cl)cn4)ccc23)c(OC)c1. The molecule has 0 aliphatic carbocycles. The van der Waals surface area contributed by atoms with Crippen LogP contribution in [0.25, 0.3) is 16.5 Å². The highest BCUT2D eigenvalue weighted by Gasteiger charge is 2.11. The Labute approximate surface area is 173 Å². The van der Waals surface area contributed by atoms with Crippen LogP contribution in [-0.2, 0) is 6.54 Å². The molecule has 0 atom stereocenters. The number of nitrogens with one attached hydrogen (secondary N) is 1. The lowest BCUT2D eigenvalue weighted by Gasteiger charge is -2.13. The maximum atomic E-state index is 5.99. The Morgan fingerprint density at radius 1 is 1.03 bits per heavy atom. The number of nitrogens with zero attached hydrogens (tertiary/aromatic N) is 4. The van der Waals surface area contributed by atoms with Gasteiger partial charge in [0.1, 0.15) is 11.5 Å². The monoisotopic (exact) mass is 409 g/mol. The van der Waals surface area contributed by atoms with Gasteiger partial charge in [0.05, 0.1) is 36.8 Å². The number of aromatic nitrogens is 4. The molecule has 0 amide bonds. The van der Waals surface area contributed by atoms with E-state index < -0.39 is 0 Å².